The van der Waals surface area contributed by atoms with E-state index >= 15 is 0 Å². The second kappa shape index (κ2) is 7.93. The molecular formula is C14H18N2O4. The molecule has 0 aliphatic carbocycles. The monoisotopic (exact) mass is 287 g/mol. The van der Waals surface area contributed by atoms with E-state index in [4.69, 9.17) is 17.4 Å². The lowest BCUT2D eigenvalue weighted by Crippen LogP contribution is -2.44. The minimum atomic E-state index is -3.55. The predicted molar refractivity (Wildman–Crippen MR) is 72.8 cm³/mol. The van der Waals surface area contributed by atoms with E-state index in [1.807, 2.05) is 5.32 Å². The van der Waals surface area contributed by atoms with Crippen LogP contribution in [0.2, 0.25) is 0 Å². The molecular weight excluding hydrogens is 260 g/mol. The number of hydrogen-bond acceptors (Lipinski definition) is 3. The van der Waals surface area contributed by atoms with Crippen molar-refractivity contribution in [1.29, 1.82) is 0 Å². The van der Waals surface area contributed by atoms with Gasteiger partial charge < -0.3 is 15.7 Å². The summed E-state index contributed by atoms with van der Waals surface area (Å²) in [5.74, 6) is -4.80. The van der Waals surface area contributed by atoms with Crippen LogP contribution < -0.4 is 10.6 Å². The fraction of sp³-hybridized carbons (Fsp3) is 0.357. The van der Waals surface area contributed by atoms with E-state index in [0.717, 1.165) is 6.92 Å². The van der Waals surface area contributed by atoms with E-state index in [1.165, 1.54) is 0 Å². The van der Waals surface area contributed by atoms with Gasteiger partial charge in [-0.15, -0.1) is 0 Å². The number of carboxylic acid groups (broad SMARTS) is 1. The van der Waals surface area contributed by atoms with Gasteiger partial charge in [-0.05, 0) is 12.5 Å². The van der Waals surface area contributed by atoms with E-state index < -0.39 is 73.3 Å². The maximum absolute atomic E-state index is 12.1. The molecule has 20 heavy (non-hydrogen) atoms. The zero-order chi connectivity index (χ0) is 22.9. The Bertz CT molecular complexity index is 831. The summed E-state index contributed by atoms with van der Waals surface area (Å²) in [5, 5.41) is 12.8. The summed E-state index contributed by atoms with van der Waals surface area (Å²) in [4.78, 5) is 34.9. The third-order valence-corrected chi connectivity index (χ3v) is 2.02. The summed E-state index contributed by atoms with van der Waals surface area (Å²) in [7, 11) is 0. The quantitative estimate of drug-likeness (QED) is 0.687. The highest BCUT2D eigenvalue weighted by Crippen LogP contribution is 1.98. The largest absolute Gasteiger partial charge is 0.481 e. The average Bonchev–Trinajstić information content (AvgIpc) is 2.63. The van der Waals surface area contributed by atoms with Crippen molar-refractivity contribution in [2.45, 2.75) is 32.3 Å². The van der Waals surface area contributed by atoms with E-state index in [1.54, 1.807) is 0 Å². The molecule has 0 aromatic heterocycles. The maximum Gasteiger partial charge on any atom is 0.303 e. The van der Waals surface area contributed by atoms with Gasteiger partial charge in [0.25, 0.3) is 0 Å². The number of carboxylic acids is 1. The summed E-state index contributed by atoms with van der Waals surface area (Å²) in [6.45, 7) is 0.624. The van der Waals surface area contributed by atoms with Crippen LogP contribution in [0, 0.1) is 0 Å². The first-order valence-corrected chi connectivity index (χ1v) is 5.45. The lowest BCUT2D eigenvalue weighted by atomic mass is 10.2. The number of carbonyl (C=O) groups excluding carboxylic acids is 2. The fourth-order valence-corrected chi connectivity index (χ4v) is 1.10. The van der Waals surface area contributed by atoms with Crippen LogP contribution in [0.4, 0.5) is 0 Å². The van der Waals surface area contributed by atoms with Crippen LogP contribution in [0.15, 0.2) is 30.2 Å². The van der Waals surface area contributed by atoms with Crippen LogP contribution in [0.25, 0.3) is 0 Å². The van der Waals surface area contributed by atoms with Crippen LogP contribution in [0.3, 0.4) is 0 Å². The lowest BCUT2D eigenvalue weighted by Gasteiger charge is -2.13. The smallest absolute Gasteiger partial charge is 0.303 e. The molecule has 6 nitrogen and oxygen atoms in total. The van der Waals surface area contributed by atoms with Crippen LogP contribution in [-0.2, 0) is 20.9 Å². The summed E-state index contributed by atoms with van der Waals surface area (Å²) in [5.41, 5.74) is -0.208. The van der Waals surface area contributed by atoms with E-state index in [2.05, 4.69) is 5.32 Å². The van der Waals surface area contributed by atoms with E-state index in [0.29, 0.717) is 0 Å². The van der Waals surface area contributed by atoms with Gasteiger partial charge in [-0.3, -0.25) is 14.4 Å². The van der Waals surface area contributed by atoms with Crippen molar-refractivity contribution < 1.29 is 31.8 Å². The fourth-order valence-electron chi connectivity index (χ4n) is 1.10. The first kappa shape index (κ1) is 6.88. The molecule has 108 valence electrons. The molecule has 0 heterocycles. The molecule has 0 bridgehead atoms. The van der Waals surface area contributed by atoms with Gasteiger partial charge in [0.2, 0.25) is 11.8 Å². The van der Waals surface area contributed by atoms with Crippen molar-refractivity contribution in [3.05, 3.63) is 35.8 Å². The molecule has 0 radical (unpaired) electrons. The molecule has 0 spiro atoms. The van der Waals surface area contributed by atoms with Crippen molar-refractivity contribution in [3.63, 3.8) is 0 Å². The molecule has 2 amide bonds. The Morgan fingerprint density at radius 3 is 2.55 bits per heavy atom. The Balaban J connectivity index is 2.90. The molecule has 0 aliphatic rings. The van der Waals surface area contributed by atoms with Gasteiger partial charge in [0, 0.05) is 18.4 Å². The van der Waals surface area contributed by atoms with Crippen molar-refractivity contribution in [2.24, 2.45) is 0 Å². The minimum Gasteiger partial charge on any atom is -0.481 e. The molecule has 0 saturated carbocycles. The van der Waals surface area contributed by atoms with Crippen molar-refractivity contribution in [1.82, 2.24) is 10.6 Å². The normalized spacial score (nSPS) is 19.4. The number of carbonyl (C=O) groups is 3. The Morgan fingerprint density at radius 2 is 1.95 bits per heavy atom. The van der Waals surface area contributed by atoms with E-state index in [-0.39, 0.29) is 5.56 Å². The number of aliphatic carboxylic acids is 1. The summed E-state index contributed by atoms with van der Waals surface area (Å²) in [6, 6.07) is -4.29. The summed E-state index contributed by atoms with van der Waals surface area (Å²) in [6.07, 6.45) is -7.04. The number of rotatable bonds is 7. The third kappa shape index (κ3) is 5.99. The number of amides is 2. The van der Waals surface area contributed by atoms with Crippen LogP contribution in [-0.4, -0.2) is 28.9 Å². The highest BCUT2D eigenvalue weighted by Gasteiger charge is 2.15. The SMILES string of the molecule is [2H]c1c([2H])c([2H])c(CNC(=O)[C@@H](C)NC(=O)C([2H])([2H])C([2H])([2H])C(=O)O)c([2H])c1[2H]. The Morgan fingerprint density at radius 1 is 1.30 bits per heavy atom. The van der Waals surface area contributed by atoms with Crippen LogP contribution in [0.1, 0.15) is 37.6 Å². The molecule has 0 fully saturated rings. The van der Waals surface area contributed by atoms with Gasteiger partial charge in [-0.25, -0.2) is 0 Å². The lowest BCUT2D eigenvalue weighted by molar-refractivity contribution is -0.139. The minimum absolute atomic E-state index is 0.208. The molecule has 1 atom stereocenters. The van der Waals surface area contributed by atoms with Gasteiger partial charge in [-0.2, -0.15) is 0 Å². The van der Waals surface area contributed by atoms with Gasteiger partial charge in [0.15, 0.2) is 0 Å². The van der Waals surface area contributed by atoms with Gasteiger partial charge in [0.1, 0.15) is 6.04 Å². The highest BCUT2D eigenvalue weighted by molar-refractivity contribution is 5.88. The molecule has 0 saturated heterocycles. The zero-order valence-electron chi connectivity index (χ0n) is 19.5. The second-order valence-electron chi connectivity index (χ2n) is 3.57. The van der Waals surface area contributed by atoms with E-state index in [9.17, 15) is 14.4 Å². The molecule has 1 aromatic rings. The topological polar surface area (TPSA) is 95.5 Å². The average molecular weight is 287 g/mol. The molecule has 3 N–H and O–H groups in total. The zero-order valence-corrected chi connectivity index (χ0v) is 10.5. The van der Waals surface area contributed by atoms with Crippen LogP contribution >= 0.6 is 0 Å². The molecule has 6 heteroatoms. The number of nitrogens with one attached hydrogen (secondary N) is 2. The highest BCUT2D eigenvalue weighted by atomic mass is 16.4. The molecule has 1 aromatic carbocycles. The summed E-state index contributed by atoms with van der Waals surface area (Å²) < 4.78 is 67.4. The van der Waals surface area contributed by atoms with Crippen molar-refractivity contribution >= 4 is 17.8 Å². The Labute approximate surface area is 129 Å². The number of hydrogen-bond donors (Lipinski definition) is 3. The van der Waals surface area contributed by atoms with Crippen LogP contribution in [0.5, 0.6) is 0 Å². The van der Waals surface area contributed by atoms with Crippen molar-refractivity contribution in [2.75, 3.05) is 0 Å². The van der Waals surface area contributed by atoms with Crippen molar-refractivity contribution in [3.8, 4) is 0 Å². The van der Waals surface area contributed by atoms with Gasteiger partial charge in [0.05, 0.1) is 13.2 Å². The Hall–Kier alpha value is -2.37. The standard InChI is InChI=1S/C14H18N2O4/c1-10(16-12(17)7-8-13(18)19)14(20)15-9-11-5-3-2-4-6-11/h2-6,10H,7-9H2,1H3,(H,15,20)(H,16,17)(H,18,19)/t10-/m1/s1/i2D,3D,4D,5D,6D,7D2,8D2. The summed E-state index contributed by atoms with van der Waals surface area (Å²) >= 11 is 0. The number of benzene rings is 1. The third-order valence-electron chi connectivity index (χ3n) is 2.02. The predicted octanol–water partition coefficient (Wildman–Crippen LogP) is 0.672. The van der Waals surface area contributed by atoms with Gasteiger partial charge >= 0.3 is 5.97 Å². The Kier molecular flexibility index (Phi) is 2.73. The first-order valence-electron chi connectivity index (χ1n) is 9.95. The van der Waals surface area contributed by atoms with Gasteiger partial charge in [-0.1, -0.05) is 30.2 Å². The molecule has 0 aliphatic heterocycles. The molecule has 0 unspecified atom stereocenters. The molecule has 1 rings (SSSR count). The first-order chi connectivity index (χ1) is 13.1. The maximum atomic E-state index is 12.1. The second-order valence-corrected chi connectivity index (χ2v) is 3.57.